The first-order valence-electron chi connectivity index (χ1n) is 12.5. The number of imide groups is 1. The molecule has 2 fully saturated rings. The molecule has 41 heavy (non-hydrogen) atoms. The van der Waals surface area contributed by atoms with E-state index in [9.17, 15) is 28.3 Å². The van der Waals surface area contributed by atoms with Crippen LogP contribution in [0.4, 0.5) is 13.6 Å². The molecule has 2 saturated heterocycles. The number of amides is 3. The van der Waals surface area contributed by atoms with Gasteiger partial charge in [0.15, 0.2) is 0 Å². The molecular formula is C26H24Cl2F2N6O4S. The summed E-state index contributed by atoms with van der Waals surface area (Å²) in [5, 5.41) is 15.6. The van der Waals surface area contributed by atoms with Gasteiger partial charge in [-0.05, 0) is 18.2 Å². The van der Waals surface area contributed by atoms with E-state index in [0.717, 1.165) is 22.7 Å². The van der Waals surface area contributed by atoms with Crippen molar-refractivity contribution in [2.45, 2.75) is 18.2 Å². The third-order valence-electron chi connectivity index (χ3n) is 7.03. The number of carbonyl (C=O) groups is 3. The molecule has 0 radical (unpaired) electrons. The van der Waals surface area contributed by atoms with Crippen molar-refractivity contribution in [2.75, 3.05) is 38.5 Å². The number of thioether (sulfide) groups is 1. The molecule has 2 aromatic carbocycles. The minimum absolute atomic E-state index is 0.0520. The van der Waals surface area contributed by atoms with Crippen LogP contribution >= 0.6 is 35.0 Å². The van der Waals surface area contributed by atoms with Gasteiger partial charge in [0.1, 0.15) is 35.9 Å². The Morgan fingerprint density at radius 1 is 1.07 bits per heavy atom. The molecule has 1 aromatic heterocycles. The molecule has 0 aliphatic carbocycles. The van der Waals surface area contributed by atoms with Crippen molar-refractivity contribution in [1.82, 2.24) is 29.5 Å². The minimum Gasteiger partial charge on any atom is -0.382 e. The van der Waals surface area contributed by atoms with Gasteiger partial charge in [-0.3, -0.25) is 24.2 Å². The van der Waals surface area contributed by atoms with Crippen LogP contribution in [-0.4, -0.2) is 90.1 Å². The summed E-state index contributed by atoms with van der Waals surface area (Å²) in [6.07, 6.45) is 2.66. The Bertz CT molecular complexity index is 1460. The average Bonchev–Trinajstić information content (AvgIpc) is 3.55. The van der Waals surface area contributed by atoms with Crippen LogP contribution in [-0.2, 0) is 21.7 Å². The van der Waals surface area contributed by atoms with E-state index in [0.29, 0.717) is 11.1 Å². The molecule has 2 aliphatic rings. The Morgan fingerprint density at radius 2 is 1.83 bits per heavy atom. The molecule has 5 rings (SSSR count). The first-order chi connectivity index (χ1) is 19.6. The molecule has 3 aromatic rings. The van der Waals surface area contributed by atoms with Crippen LogP contribution in [0.1, 0.15) is 17.2 Å². The highest BCUT2D eigenvalue weighted by Crippen LogP contribution is 2.36. The number of aromatic nitrogens is 3. The summed E-state index contributed by atoms with van der Waals surface area (Å²) in [5.74, 6) is -2.73. The van der Waals surface area contributed by atoms with E-state index in [1.165, 1.54) is 46.5 Å². The van der Waals surface area contributed by atoms with Crippen LogP contribution < -0.4 is 0 Å². The number of hydrogen-bond acceptors (Lipinski definition) is 8. The van der Waals surface area contributed by atoms with E-state index in [2.05, 4.69) is 10.1 Å². The van der Waals surface area contributed by atoms with E-state index in [4.69, 9.17) is 23.2 Å². The second-order valence-corrected chi connectivity index (χ2v) is 11.5. The van der Waals surface area contributed by atoms with Crippen LogP contribution in [0.15, 0.2) is 49.1 Å². The van der Waals surface area contributed by atoms with Crippen LogP contribution in [0.25, 0.3) is 0 Å². The van der Waals surface area contributed by atoms with Gasteiger partial charge in [-0.1, -0.05) is 47.1 Å². The summed E-state index contributed by atoms with van der Waals surface area (Å²) in [5.41, 5.74) is -1.63. The minimum atomic E-state index is -1.80. The van der Waals surface area contributed by atoms with E-state index in [1.54, 1.807) is 0 Å². The lowest BCUT2D eigenvalue weighted by molar-refractivity contribution is -0.143. The average molecular weight is 625 g/mol. The summed E-state index contributed by atoms with van der Waals surface area (Å²) in [7, 11) is 0. The summed E-state index contributed by atoms with van der Waals surface area (Å²) in [6, 6.07) is 6.21. The van der Waals surface area contributed by atoms with Gasteiger partial charge < -0.3 is 10.0 Å². The number of nitrogens with zero attached hydrogens (tertiary/aromatic N) is 6. The maximum Gasteiger partial charge on any atom is 0.289 e. The molecule has 2 atom stereocenters. The molecular weight excluding hydrogens is 601 g/mol. The lowest BCUT2D eigenvalue weighted by Crippen LogP contribution is -2.55. The first-order valence-corrected chi connectivity index (χ1v) is 14.2. The lowest BCUT2D eigenvalue weighted by Gasteiger charge is -2.41. The van der Waals surface area contributed by atoms with Crippen LogP contribution in [0.5, 0.6) is 0 Å². The molecule has 216 valence electrons. The standard InChI is InChI=1S/C26H24Cl2F2N6O4S/c27-16-1-3-18(20(28)9-16)23(36-22(37)11-41-25(36)39)24(38)34-7-5-33(6-8-34)12-26(40,13-35-15-31-14-32-35)19-4-2-17(29)10-21(19)30/h1-4,9-10,14-15,23,40H,5-8,11-13H2. The van der Waals surface area contributed by atoms with Gasteiger partial charge >= 0.3 is 0 Å². The zero-order valence-electron chi connectivity index (χ0n) is 21.4. The molecule has 2 unspecified atom stereocenters. The van der Waals surface area contributed by atoms with Gasteiger partial charge in [0.05, 0.1) is 12.3 Å². The number of piperazine rings is 1. The molecule has 10 nitrogen and oxygen atoms in total. The molecule has 2 aliphatic heterocycles. The normalized spacial score (nSPS) is 18.6. The molecule has 3 amide bonds. The van der Waals surface area contributed by atoms with Crippen molar-refractivity contribution >= 4 is 52.0 Å². The van der Waals surface area contributed by atoms with E-state index >= 15 is 0 Å². The maximum atomic E-state index is 14.8. The van der Waals surface area contributed by atoms with Crippen LogP contribution in [0.3, 0.4) is 0 Å². The van der Waals surface area contributed by atoms with E-state index in [-0.39, 0.29) is 61.2 Å². The van der Waals surface area contributed by atoms with Gasteiger partial charge in [0.25, 0.3) is 11.1 Å². The van der Waals surface area contributed by atoms with Gasteiger partial charge in [-0.25, -0.2) is 18.4 Å². The highest BCUT2D eigenvalue weighted by Gasteiger charge is 2.44. The molecule has 0 bridgehead atoms. The van der Waals surface area contributed by atoms with Crippen molar-refractivity contribution in [3.63, 3.8) is 0 Å². The second-order valence-electron chi connectivity index (χ2n) is 9.74. The summed E-state index contributed by atoms with van der Waals surface area (Å²) >= 11 is 13.3. The molecule has 1 N–H and O–H groups in total. The fraction of sp³-hybridized carbons (Fsp3) is 0.346. The predicted octanol–water partition coefficient (Wildman–Crippen LogP) is 3.33. The predicted molar refractivity (Wildman–Crippen MR) is 147 cm³/mol. The smallest absolute Gasteiger partial charge is 0.289 e. The van der Waals surface area contributed by atoms with Crippen molar-refractivity contribution in [3.8, 4) is 0 Å². The maximum absolute atomic E-state index is 14.8. The summed E-state index contributed by atoms with van der Waals surface area (Å²) in [6.45, 7) is 0.745. The Balaban J connectivity index is 1.35. The highest BCUT2D eigenvalue weighted by atomic mass is 35.5. The summed E-state index contributed by atoms with van der Waals surface area (Å²) < 4.78 is 29.8. The Morgan fingerprint density at radius 3 is 2.44 bits per heavy atom. The third-order valence-corrected chi connectivity index (χ3v) is 8.42. The number of benzene rings is 2. The number of carbonyl (C=O) groups excluding carboxylic acids is 3. The van der Waals surface area contributed by atoms with Crippen molar-refractivity contribution in [3.05, 3.63) is 81.9 Å². The fourth-order valence-corrected chi connectivity index (χ4v) is 6.30. The molecule has 3 heterocycles. The van der Waals surface area contributed by atoms with Crippen molar-refractivity contribution in [1.29, 1.82) is 0 Å². The van der Waals surface area contributed by atoms with Crippen LogP contribution in [0.2, 0.25) is 10.0 Å². The van der Waals surface area contributed by atoms with Gasteiger partial charge in [0.2, 0.25) is 5.91 Å². The van der Waals surface area contributed by atoms with Gasteiger partial charge in [-0.15, -0.1) is 0 Å². The van der Waals surface area contributed by atoms with E-state index < -0.39 is 40.3 Å². The number of rotatable bonds is 8. The molecule has 0 spiro atoms. The lowest BCUT2D eigenvalue weighted by atomic mass is 9.92. The Hall–Kier alpha value is -3.10. The Kier molecular flexibility index (Phi) is 8.62. The molecule has 15 heteroatoms. The second kappa shape index (κ2) is 12.0. The zero-order chi connectivity index (χ0) is 29.3. The van der Waals surface area contributed by atoms with Crippen molar-refractivity contribution in [2.24, 2.45) is 0 Å². The van der Waals surface area contributed by atoms with Gasteiger partial charge in [0, 0.05) is 60.0 Å². The third kappa shape index (κ3) is 6.24. The van der Waals surface area contributed by atoms with E-state index in [1.807, 2.05) is 4.90 Å². The quantitative estimate of drug-likeness (QED) is 0.406. The topological polar surface area (TPSA) is 112 Å². The number of halogens is 4. The first kappa shape index (κ1) is 29.4. The number of β-amino-alcohol motifs (C(OH)–C–C–N with tert-alkyl or cyclic N) is 1. The Labute approximate surface area is 247 Å². The largest absolute Gasteiger partial charge is 0.382 e. The zero-order valence-corrected chi connectivity index (χ0v) is 23.7. The highest BCUT2D eigenvalue weighted by molar-refractivity contribution is 8.14. The van der Waals surface area contributed by atoms with Crippen molar-refractivity contribution < 1.29 is 28.3 Å². The van der Waals surface area contributed by atoms with Gasteiger partial charge in [-0.2, -0.15) is 5.10 Å². The molecule has 0 saturated carbocycles. The monoisotopic (exact) mass is 624 g/mol. The number of aliphatic hydroxyl groups is 1. The number of hydrogen-bond donors (Lipinski definition) is 1. The summed E-state index contributed by atoms with van der Waals surface area (Å²) in [4.78, 5) is 47.2. The SMILES string of the molecule is O=C(C(c1ccc(Cl)cc1Cl)N1C(=O)CSC1=O)N1CCN(CC(O)(Cn2cncn2)c2ccc(F)cc2F)CC1. The van der Waals surface area contributed by atoms with Crippen LogP contribution in [0, 0.1) is 11.6 Å². The fourth-order valence-electron chi connectivity index (χ4n) is 5.06.